The summed E-state index contributed by atoms with van der Waals surface area (Å²) >= 11 is 0. The van der Waals surface area contributed by atoms with Crippen LogP contribution < -0.4 is 0 Å². The highest BCUT2D eigenvalue weighted by molar-refractivity contribution is 5.94. The quantitative estimate of drug-likeness (QED) is 0.813. The van der Waals surface area contributed by atoms with Crippen molar-refractivity contribution in [2.75, 3.05) is 26.2 Å². The van der Waals surface area contributed by atoms with Crippen molar-refractivity contribution in [1.29, 1.82) is 0 Å². The zero-order valence-corrected chi connectivity index (χ0v) is 17.0. The number of pyridine rings is 1. The minimum atomic E-state index is 0.0629. The number of hydrogen-bond acceptors (Lipinski definition) is 5. The summed E-state index contributed by atoms with van der Waals surface area (Å²) in [5.74, 6) is 2.34. The van der Waals surface area contributed by atoms with Crippen molar-refractivity contribution in [1.82, 2.24) is 29.5 Å². The predicted molar refractivity (Wildman–Crippen MR) is 107 cm³/mol. The Morgan fingerprint density at radius 3 is 2.68 bits per heavy atom. The minimum Gasteiger partial charge on any atom is -0.338 e. The number of piperidine rings is 2. The van der Waals surface area contributed by atoms with Crippen LogP contribution in [0.2, 0.25) is 0 Å². The zero-order valence-electron chi connectivity index (χ0n) is 17.0. The van der Waals surface area contributed by atoms with E-state index in [4.69, 9.17) is 0 Å². The standard InChI is InChI=1S/C21H30N6O/c1-16-8-9-17(13-22-16)21(28)27-12-6-7-18(14-27)20-24-23-19(25(20)2)15-26-10-4-3-5-11-26/h8-9,13,18H,3-7,10-12,14-15H2,1-2H3/t18-/m0/s1. The smallest absolute Gasteiger partial charge is 0.255 e. The second kappa shape index (κ2) is 8.39. The lowest BCUT2D eigenvalue weighted by Crippen LogP contribution is -2.39. The molecular weight excluding hydrogens is 352 g/mol. The number of rotatable bonds is 4. The Hall–Kier alpha value is -2.28. The molecule has 28 heavy (non-hydrogen) atoms. The Morgan fingerprint density at radius 1 is 1.11 bits per heavy atom. The maximum absolute atomic E-state index is 12.9. The van der Waals surface area contributed by atoms with Gasteiger partial charge in [0.05, 0.1) is 12.1 Å². The van der Waals surface area contributed by atoms with Gasteiger partial charge in [-0.2, -0.15) is 0 Å². The monoisotopic (exact) mass is 382 g/mol. The van der Waals surface area contributed by atoms with Crippen LogP contribution in [0.25, 0.3) is 0 Å². The molecule has 0 unspecified atom stereocenters. The van der Waals surface area contributed by atoms with Crippen LogP contribution in [0.15, 0.2) is 18.3 Å². The van der Waals surface area contributed by atoms with Crippen molar-refractivity contribution in [3.8, 4) is 0 Å². The van der Waals surface area contributed by atoms with Gasteiger partial charge >= 0.3 is 0 Å². The second-order valence-corrected chi connectivity index (χ2v) is 8.15. The minimum absolute atomic E-state index is 0.0629. The molecule has 2 aromatic heterocycles. The molecule has 1 atom stereocenters. The maximum atomic E-state index is 12.9. The first-order valence-electron chi connectivity index (χ1n) is 10.4. The first-order valence-corrected chi connectivity index (χ1v) is 10.4. The van der Waals surface area contributed by atoms with Gasteiger partial charge in [-0.05, 0) is 57.8 Å². The van der Waals surface area contributed by atoms with Gasteiger partial charge in [-0.1, -0.05) is 6.42 Å². The summed E-state index contributed by atoms with van der Waals surface area (Å²) in [7, 11) is 2.07. The summed E-state index contributed by atoms with van der Waals surface area (Å²) in [6.07, 6.45) is 7.61. The molecule has 0 N–H and O–H groups in total. The maximum Gasteiger partial charge on any atom is 0.255 e. The molecule has 150 valence electrons. The topological polar surface area (TPSA) is 67.2 Å². The van der Waals surface area contributed by atoms with Crippen LogP contribution >= 0.6 is 0 Å². The molecule has 2 aliphatic rings. The lowest BCUT2D eigenvalue weighted by molar-refractivity contribution is 0.0703. The SMILES string of the molecule is Cc1ccc(C(=O)N2CCC[C@H](c3nnc(CN4CCCCC4)n3C)C2)cn1. The molecule has 0 bridgehead atoms. The molecule has 0 aliphatic carbocycles. The number of nitrogens with zero attached hydrogens (tertiary/aromatic N) is 6. The first kappa shape index (κ1) is 19.1. The Bertz CT molecular complexity index is 809. The number of carbonyl (C=O) groups is 1. The lowest BCUT2D eigenvalue weighted by atomic mass is 9.96. The fourth-order valence-electron chi connectivity index (χ4n) is 4.34. The molecule has 2 fully saturated rings. The van der Waals surface area contributed by atoms with Crippen LogP contribution in [0.1, 0.15) is 65.7 Å². The van der Waals surface area contributed by atoms with Gasteiger partial charge in [0.1, 0.15) is 11.6 Å². The van der Waals surface area contributed by atoms with Crippen LogP contribution in [-0.2, 0) is 13.6 Å². The highest BCUT2D eigenvalue weighted by atomic mass is 16.2. The summed E-state index contributed by atoms with van der Waals surface area (Å²) in [5, 5.41) is 9.00. The fraction of sp³-hybridized carbons (Fsp3) is 0.619. The van der Waals surface area contributed by atoms with E-state index in [1.165, 1.54) is 19.3 Å². The van der Waals surface area contributed by atoms with E-state index in [1.54, 1.807) is 6.20 Å². The normalized spacial score (nSPS) is 21.1. The molecule has 0 radical (unpaired) electrons. The van der Waals surface area contributed by atoms with Crippen molar-refractivity contribution < 1.29 is 4.79 Å². The van der Waals surface area contributed by atoms with Crippen LogP contribution in [0.4, 0.5) is 0 Å². The van der Waals surface area contributed by atoms with Crippen LogP contribution in [0.5, 0.6) is 0 Å². The van der Waals surface area contributed by atoms with Gasteiger partial charge in [0.15, 0.2) is 0 Å². The van der Waals surface area contributed by atoms with Crippen molar-refractivity contribution in [3.05, 3.63) is 41.2 Å². The van der Waals surface area contributed by atoms with Gasteiger partial charge in [-0.15, -0.1) is 10.2 Å². The molecule has 2 aliphatic heterocycles. The van der Waals surface area contributed by atoms with Gasteiger partial charge in [0.2, 0.25) is 0 Å². The van der Waals surface area contributed by atoms with Gasteiger partial charge in [-0.3, -0.25) is 14.7 Å². The summed E-state index contributed by atoms with van der Waals surface area (Å²) in [6, 6.07) is 3.76. The van der Waals surface area contributed by atoms with E-state index in [1.807, 2.05) is 24.0 Å². The summed E-state index contributed by atoms with van der Waals surface area (Å²) in [6.45, 7) is 6.59. The zero-order chi connectivity index (χ0) is 19.5. The Morgan fingerprint density at radius 2 is 1.93 bits per heavy atom. The molecule has 2 aromatic rings. The van der Waals surface area contributed by atoms with Crippen molar-refractivity contribution >= 4 is 5.91 Å². The summed E-state index contributed by atoms with van der Waals surface area (Å²) < 4.78 is 2.15. The molecule has 2 saturated heterocycles. The van der Waals surface area contributed by atoms with Crippen molar-refractivity contribution in [3.63, 3.8) is 0 Å². The third-order valence-electron chi connectivity index (χ3n) is 6.04. The summed E-state index contributed by atoms with van der Waals surface area (Å²) in [4.78, 5) is 21.6. The highest BCUT2D eigenvalue weighted by Crippen LogP contribution is 2.27. The Labute approximate surface area is 166 Å². The number of aryl methyl sites for hydroxylation is 1. The van der Waals surface area contributed by atoms with E-state index >= 15 is 0 Å². The molecular formula is C21H30N6O. The number of amides is 1. The Kier molecular flexibility index (Phi) is 5.71. The number of carbonyl (C=O) groups excluding carboxylic acids is 1. The number of hydrogen-bond donors (Lipinski definition) is 0. The van der Waals surface area contributed by atoms with Crippen molar-refractivity contribution in [2.24, 2.45) is 7.05 Å². The molecule has 4 rings (SSSR count). The van der Waals surface area contributed by atoms with Crippen LogP contribution in [-0.4, -0.2) is 61.6 Å². The van der Waals surface area contributed by atoms with E-state index in [2.05, 4.69) is 31.7 Å². The van der Waals surface area contributed by atoms with Crippen LogP contribution in [0.3, 0.4) is 0 Å². The third kappa shape index (κ3) is 4.09. The van der Waals surface area contributed by atoms with Crippen LogP contribution in [0, 0.1) is 6.92 Å². The number of likely N-dealkylation sites (tertiary alicyclic amines) is 2. The van der Waals surface area contributed by atoms with Crippen molar-refractivity contribution in [2.45, 2.75) is 51.5 Å². The highest BCUT2D eigenvalue weighted by Gasteiger charge is 2.29. The largest absolute Gasteiger partial charge is 0.338 e. The lowest BCUT2D eigenvalue weighted by Gasteiger charge is -2.32. The fourth-order valence-corrected chi connectivity index (χ4v) is 4.34. The van der Waals surface area contributed by atoms with E-state index in [0.717, 1.165) is 56.4 Å². The molecule has 7 nitrogen and oxygen atoms in total. The van der Waals surface area contributed by atoms with E-state index in [0.29, 0.717) is 12.1 Å². The van der Waals surface area contributed by atoms with Gasteiger partial charge in [-0.25, -0.2) is 0 Å². The van der Waals surface area contributed by atoms with E-state index in [9.17, 15) is 4.79 Å². The molecule has 0 spiro atoms. The van der Waals surface area contributed by atoms with Gasteiger partial charge in [0.25, 0.3) is 5.91 Å². The Balaban J connectivity index is 1.44. The third-order valence-corrected chi connectivity index (χ3v) is 6.04. The molecule has 0 saturated carbocycles. The van der Waals surface area contributed by atoms with Gasteiger partial charge in [0, 0.05) is 37.9 Å². The average molecular weight is 383 g/mol. The molecule has 0 aromatic carbocycles. The van der Waals surface area contributed by atoms with Gasteiger partial charge < -0.3 is 9.47 Å². The molecule has 4 heterocycles. The predicted octanol–water partition coefficient (Wildman–Crippen LogP) is 2.52. The first-order chi connectivity index (χ1) is 13.6. The second-order valence-electron chi connectivity index (χ2n) is 8.15. The number of aromatic nitrogens is 4. The average Bonchev–Trinajstić information content (AvgIpc) is 3.09. The summed E-state index contributed by atoms with van der Waals surface area (Å²) in [5.41, 5.74) is 1.59. The molecule has 1 amide bonds. The van der Waals surface area contributed by atoms with E-state index in [-0.39, 0.29) is 11.8 Å². The van der Waals surface area contributed by atoms with E-state index < -0.39 is 0 Å². The molecule has 7 heteroatoms.